The molecule has 0 atom stereocenters. The summed E-state index contributed by atoms with van der Waals surface area (Å²) in [4.78, 5) is 7.98. The Kier molecular flexibility index (Phi) is 4.98. The van der Waals surface area contributed by atoms with Gasteiger partial charge in [0.1, 0.15) is 11.5 Å². The summed E-state index contributed by atoms with van der Waals surface area (Å²) in [5.74, 6) is 2.37. The molecule has 4 rings (SSSR count). The van der Waals surface area contributed by atoms with Crippen LogP contribution in [0.1, 0.15) is 25.3 Å². The highest BCUT2D eigenvalue weighted by molar-refractivity contribution is 7.17. The Hall–Kier alpha value is -3.32. The smallest absolute Gasteiger partial charge is 0.222 e. The quantitative estimate of drug-likeness (QED) is 0.458. The summed E-state index contributed by atoms with van der Waals surface area (Å²) in [6.45, 7) is 4.20. The number of hydrogen-bond acceptors (Lipinski definition) is 7. The minimum absolute atomic E-state index is 0.110. The second kappa shape index (κ2) is 7.60. The first-order chi connectivity index (χ1) is 14.0. The third-order valence-electron chi connectivity index (χ3n) is 4.75. The fourth-order valence-electron chi connectivity index (χ4n) is 3.28. The van der Waals surface area contributed by atoms with Gasteiger partial charge >= 0.3 is 0 Å². The van der Waals surface area contributed by atoms with E-state index in [1.807, 2.05) is 24.3 Å². The van der Waals surface area contributed by atoms with E-state index in [1.165, 1.54) is 16.3 Å². The van der Waals surface area contributed by atoms with E-state index >= 15 is 0 Å². The molecule has 148 valence electrons. The Bertz CT molecular complexity index is 1190. The maximum Gasteiger partial charge on any atom is 0.222 e. The Morgan fingerprint density at radius 2 is 1.79 bits per heavy atom. The van der Waals surface area contributed by atoms with Gasteiger partial charge in [0.05, 0.1) is 13.3 Å². The van der Waals surface area contributed by atoms with Crippen LogP contribution >= 0.6 is 11.3 Å². The van der Waals surface area contributed by atoms with Crippen LogP contribution in [0.5, 0.6) is 17.2 Å². The van der Waals surface area contributed by atoms with Gasteiger partial charge in [0.25, 0.3) is 0 Å². The lowest BCUT2D eigenvalue weighted by Crippen LogP contribution is -2.03. The van der Waals surface area contributed by atoms with Gasteiger partial charge in [-0.3, -0.25) is 0 Å². The second-order valence-corrected chi connectivity index (χ2v) is 7.88. The number of nitrogen functional groups attached to an aromatic ring is 2. The van der Waals surface area contributed by atoms with Gasteiger partial charge in [0.2, 0.25) is 5.95 Å². The Balaban J connectivity index is 1.89. The molecule has 4 aromatic rings. The molecule has 29 heavy (non-hydrogen) atoms. The average Bonchev–Trinajstić information content (AvgIpc) is 3.13. The van der Waals surface area contributed by atoms with Crippen LogP contribution in [0.2, 0.25) is 0 Å². The molecule has 0 aliphatic carbocycles. The number of aromatic nitrogens is 2. The highest BCUT2D eigenvalue weighted by atomic mass is 32.1. The molecular weight excluding hydrogens is 384 g/mol. The lowest BCUT2D eigenvalue weighted by Gasteiger charge is -2.18. The molecule has 0 bridgehead atoms. The molecule has 2 heterocycles. The summed E-state index contributed by atoms with van der Waals surface area (Å²) < 4.78 is 13.1. The largest absolute Gasteiger partial charge is 0.496 e. The monoisotopic (exact) mass is 406 g/mol. The number of hydrogen-bond donors (Lipinski definition) is 2. The standard InChI is InChI=1S/C22H22N4O2S/c1-12(2)14-8-17(27-3)15(16-11-29-20-7-5-4-6-13(16)20)9-18(14)28-19-10-25-22(24)26-21(19)23/h4-12H,1-3H3,(H4,23,24,25,26). The molecular formula is C22H22N4O2S. The van der Waals surface area contributed by atoms with E-state index in [4.69, 9.17) is 20.9 Å². The van der Waals surface area contributed by atoms with Crippen LogP contribution in [0.25, 0.3) is 21.2 Å². The van der Waals surface area contributed by atoms with Crippen molar-refractivity contribution in [3.63, 3.8) is 0 Å². The molecule has 0 aliphatic rings. The van der Waals surface area contributed by atoms with Crippen LogP contribution in [-0.2, 0) is 0 Å². The summed E-state index contributed by atoms with van der Waals surface area (Å²) >= 11 is 1.70. The maximum absolute atomic E-state index is 6.15. The van der Waals surface area contributed by atoms with Gasteiger partial charge in [-0.2, -0.15) is 4.98 Å². The first-order valence-corrected chi connectivity index (χ1v) is 10.1. The molecule has 7 heteroatoms. The van der Waals surface area contributed by atoms with E-state index in [1.54, 1.807) is 18.4 Å². The first-order valence-electron chi connectivity index (χ1n) is 9.22. The number of benzene rings is 2. The molecule has 6 nitrogen and oxygen atoms in total. The van der Waals surface area contributed by atoms with E-state index in [-0.39, 0.29) is 17.7 Å². The predicted molar refractivity (Wildman–Crippen MR) is 119 cm³/mol. The van der Waals surface area contributed by atoms with Crippen molar-refractivity contribution in [1.29, 1.82) is 0 Å². The zero-order valence-electron chi connectivity index (χ0n) is 16.5. The van der Waals surface area contributed by atoms with Crippen molar-refractivity contribution < 1.29 is 9.47 Å². The van der Waals surface area contributed by atoms with E-state index in [0.717, 1.165) is 22.4 Å². The normalized spacial score (nSPS) is 11.2. The van der Waals surface area contributed by atoms with Crippen LogP contribution in [-0.4, -0.2) is 17.1 Å². The summed E-state index contributed by atoms with van der Waals surface area (Å²) in [5.41, 5.74) is 14.6. The molecule has 0 saturated heterocycles. The molecule has 4 N–H and O–H groups in total. The number of fused-ring (bicyclic) bond motifs is 1. The SMILES string of the molecule is COc1cc(C(C)C)c(Oc2cnc(N)nc2N)cc1-c1csc2ccccc12. The zero-order chi connectivity index (χ0) is 20.5. The van der Waals surface area contributed by atoms with Crippen LogP contribution in [0.3, 0.4) is 0 Å². The summed E-state index contributed by atoms with van der Waals surface area (Å²) in [6, 6.07) is 12.3. The van der Waals surface area contributed by atoms with Crippen molar-refractivity contribution >= 4 is 33.2 Å². The van der Waals surface area contributed by atoms with Gasteiger partial charge in [0.15, 0.2) is 11.6 Å². The summed E-state index contributed by atoms with van der Waals surface area (Å²) in [7, 11) is 1.68. The Labute approximate surface area is 173 Å². The highest BCUT2D eigenvalue weighted by Gasteiger charge is 2.19. The molecule has 0 spiro atoms. The van der Waals surface area contributed by atoms with Gasteiger partial charge in [0, 0.05) is 26.8 Å². The lowest BCUT2D eigenvalue weighted by molar-refractivity contribution is 0.412. The highest BCUT2D eigenvalue weighted by Crippen LogP contribution is 2.44. The van der Waals surface area contributed by atoms with Crippen molar-refractivity contribution in [3.8, 4) is 28.4 Å². The van der Waals surface area contributed by atoms with Crippen LogP contribution in [0.4, 0.5) is 11.8 Å². The predicted octanol–water partition coefficient (Wildman–Crippen LogP) is 5.45. The number of nitrogens with zero attached hydrogens (tertiary/aromatic N) is 2. The third kappa shape index (κ3) is 3.56. The van der Waals surface area contributed by atoms with Crippen LogP contribution in [0.15, 0.2) is 48.0 Å². The molecule has 2 aromatic heterocycles. The fourth-order valence-corrected chi connectivity index (χ4v) is 4.24. The van der Waals surface area contributed by atoms with E-state index in [0.29, 0.717) is 11.5 Å². The Morgan fingerprint density at radius 1 is 1.00 bits per heavy atom. The van der Waals surface area contributed by atoms with Crippen molar-refractivity contribution in [1.82, 2.24) is 9.97 Å². The van der Waals surface area contributed by atoms with Gasteiger partial charge in [-0.25, -0.2) is 4.98 Å². The van der Waals surface area contributed by atoms with Crippen LogP contribution < -0.4 is 20.9 Å². The number of methoxy groups -OCH3 is 1. The van der Waals surface area contributed by atoms with Crippen molar-refractivity contribution in [2.75, 3.05) is 18.6 Å². The lowest BCUT2D eigenvalue weighted by atomic mass is 9.96. The number of thiophene rings is 1. The average molecular weight is 407 g/mol. The van der Waals surface area contributed by atoms with Gasteiger partial charge in [-0.05, 0) is 29.5 Å². The van der Waals surface area contributed by atoms with Gasteiger partial charge < -0.3 is 20.9 Å². The maximum atomic E-state index is 6.15. The molecule has 0 amide bonds. The molecule has 0 radical (unpaired) electrons. The number of ether oxygens (including phenoxy) is 2. The fraction of sp³-hybridized carbons (Fsp3) is 0.182. The minimum Gasteiger partial charge on any atom is -0.496 e. The topological polar surface area (TPSA) is 96.3 Å². The summed E-state index contributed by atoms with van der Waals surface area (Å²) in [6.07, 6.45) is 1.49. The number of rotatable bonds is 5. The van der Waals surface area contributed by atoms with Crippen molar-refractivity contribution in [2.45, 2.75) is 19.8 Å². The van der Waals surface area contributed by atoms with Gasteiger partial charge in [-0.15, -0.1) is 11.3 Å². The molecule has 0 fully saturated rings. The van der Waals surface area contributed by atoms with E-state index in [2.05, 4.69) is 41.3 Å². The third-order valence-corrected chi connectivity index (χ3v) is 5.71. The molecule has 2 aromatic carbocycles. The number of anilines is 2. The first kappa shape index (κ1) is 19.0. The minimum atomic E-state index is 0.110. The van der Waals surface area contributed by atoms with Crippen molar-refractivity contribution in [3.05, 3.63) is 53.5 Å². The molecule has 0 saturated carbocycles. The van der Waals surface area contributed by atoms with Crippen molar-refractivity contribution in [2.24, 2.45) is 0 Å². The van der Waals surface area contributed by atoms with E-state index < -0.39 is 0 Å². The molecule has 0 unspecified atom stereocenters. The van der Waals surface area contributed by atoms with Crippen LogP contribution in [0, 0.1) is 0 Å². The molecule has 0 aliphatic heterocycles. The van der Waals surface area contributed by atoms with Gasteiger partial charge in [-0.1, -0.05) is 32.0 Å². The second-order valence-electron chi connectivity index (χ2n) is 6.97. The van der Waals surface area contributed by atoms with E-state index in [9.17, 15) is 0 Å². The zero-order valence-corrected chi connectivity index (χ0v) is 17.3. The Morgan fingerprint density at radius 3 is 2.52 bits per heavy atom. The number of nitrogens with two attached hydrogens (primary N) is 2. The summed E-state index contributed by atoms with van der Waals surface area (Å²) in [5, 5.41) is 3.32.